The second-order valence-electron chi connectivity index (χ2n) is 2.95. The van der Waals surface area contributed by atoms with Gasteiger partial charge in [0, 0.05) is 6.54 Å². The summed E-state index contributed by atoms with van der Waals surface area (Å²) in [5.41, 5.74) is 6.15. The van der Waals surface area contributed by atoms with E-state index in [1.807, 2.05) is 18.4 Å². The average molecular weight is 194 g/mol. The summed E-state index contributed by atoms with van der Waals surface area (Å²) in [6.07, 6.45) is 0. The van der Waals surface area contributed by atoms with Gasteiger partial charge in [-0.3, -0.25) is 4.79 Å². The van der Waals surface area contributed by atoms with Crippen molar-refractivity contribution < 1.29 is 9.32 Å². The Bertz CT molecular complexity index is 497. The van der Waals surface area contributed by atoms with Crippen LogP contribution in [-0.4, -0.2) is 20.6 Å². The van der Waals surface area contributed by atoms with Crippen molar-refractivity contribution in [2.45, 2.75) is 20.4 Å². The number of amides is 1. The van der Waals surface area contributed by atoms with Crippen LogP contribution in [0.3, 0.4) is 0 Å². The standard InChI is InChI=1S/C8H10N4O2/c1-3-12-4(2)10-8-5(12)6(7(9)13)14-11-8/h3H2,1-2H3,(H2,9,13). The fourth-order valence-corrected chi connectivity index (χ4v) is 1.52. The highest BCUT2D eigenvalue weighted by Crippen LogP contribution is 2.19. The Morgan fingerprint density at radius 1 is 1.64 bits per heavy atom. The third-order valence-corrected chi connectivity index (χ3v) is 2.12. The van der Waals surface area contributed by atoms with E-state index in [1.165, 1.54) is 0 Å². The van der Waals surface area contributed by atoms with Crippen molar-refractivity contribution in [2.24, 2.45) is 5.73 Å². The molecule has 0 saturated carbocycles. The van der Waals surface area contributed by atoms with E-state index >= 15 is 0 Å². The van der Waals surface area contributed by atoms with Gasteiger partial charge in [-0.2, -0.15) is 0 Å². The number of imidazole rings is 1. The van der Waals surface area contributed by atoms with Crippen LogP contribution >= 0.6 is 0 Å². The van der Waals surface area contributed by atoms with Crippen LogP contribution < -0.4 is 5.73 Å². The first-order chi connectivity index (χ1) is 6.65. The maximum Gasteiger partial charge on any atom is 0.289 e. The summed E-state index contributed by atoms with van der Waals surface area (Å²) >= 11 is 0. The molecule has 0 fully saturated rings. The summed E-state index contributed by atoms with van der Waals surface area (Å²) in [6, 6.07) is 0. The smallest absolute Gasteiger partial charge is 0.289 e. The second kappa shape index (κ2) is 2.83. The number of primary amides is 1. The van der Waals surface area contributed by atoms with Gasteiger partial charge >= 0.3 is 0 Å². The first kappa shape index (κ1) is 8.74. The molecule has 0 aliphatic carbocycles. The number of aromatic nitrogens is 3. The van der Waals surface area contributed by atoms with Gasteiger partial charge < -0.3 is 14.8 Å². The Labute approximate surface area is 79.7 Å². The molecule has 74 valence electrons. The summed E-state index contributed by atoms with van der Waals surface area (Å²) in [7, 11) is 0. The predicted octanol–water partition coefficient (Wildman–Crippen LogP) is 0.452. The van der Waals surface area contributed by atoms with Gasteiger partial charge in [0.15, 0.2) is 0 Å². The Morgan fingerprint density at radius 2 is 2.36 bits per heavy atom. The average Bonchev–Trinajstić information content (AvgIpc) is 2.61. The van der Waals surface area contributed by atoms with E-state index in [4.69, 9.17) is 10.3 Å². The maximum absolute atomic E-state index is 11.0. The van der Waals surface area contributed by atoms with Gasteiger partial charge in [0.05, 0.1) is 0 Å². The zero-order chi connectivity index (χ0) is 10.3. The lowest BCUT2D eigenvalue weighted by Crippen LogP contribution is -2.11. The van der Waals surface area contributed by atoms with E-state index in [-0.39, 0.29) is 5.76 Å². The molecule has 2 heterocycles. The van der Waals surface area contributed by atoms with Gasteiger partial charge in [-0.25, -0.2) is 4.98 Å². The van der Waals surface area contributed by atoms with Crippen molar-refractivity contribution in [1.82, 2.24) is 14.7 Å². The highest BCUT2D eigenvalue weighted by molar-refractivity contribution is 6.00. The highest BCUT2D eigenvalue weighted by Gasteiger charge is 2.20. The Balaban J connectivity index is 2.81. The number of fused-ring (bicyclic) bond motifs is 1. The van der Waals surface area contributed by atoms with Crippen molar-refractivity contribution in [2.75, 3.05) is 0 Å². The lowest BCUT2D eigenvalue weighted by atomic mass is 10.4. The van der Waals surface area contributed by atoms with Crippen molar-refractivity contribution >= 4 is 17.1 Å². The summed E-state index contributed by atoms with van der Waals surface area (Å²) in [4.78, 5) is 15.1. The van der Waals surface area contributed by atoms with Crippen LogP contribution in [0, 0.1) is 6.92 Å². The molecule has 14 heavy (non-hydrogen) atoms. The molecule has 0 radical (unpaired) electrons. The molecule has 6 heteroatoms. The number of carbonyl (C=O) groups excluding carboxylic acids is 1. The molecule has 2 aromatic rings. The quantitative estimate of drug-likeness (QED) is 0.751. The molecule has 0 spiro atoms. The number of carbonyl (C=O) groups is 1. The van der Waals surface area contributed by atoms with E-state index in [1.54, 1.807) is 0 Å². The molecule has 2 aromatic heterocycles. The van der Waals surface area contributed by atoms with E-state index in [0.29, 0.717) is 17.7 Å². The fourth-order valence-electron chi connectivity index (χ4n) is 1.52. The van der Waals surface area contributed by atoms with Gasteiger partial charge in [0.1, 0.15) is 11.3 Å². The largest absolute Gasteiger partial charge is 0.363 e. The molecule has 0 saturated heterocycles. The van der Waals surface area contributed by atoms with E-state index < -0.39 is 5.91 Å². The van der Waals surface area contributed by atoms with Crippen LogP contribution in [0.25, 0.3) is 11.2 Å². The molecular weight excluding hydrogens is 184 g/mol. The molecule has 0 aliphatic rings. The van der Waals surface area contributed by atoms with Crippen LogP contribution in [0.5, 0.6) is 0 Å². The first-order valence-corrected chi connectivity index (χ1v) is 4.27. The highest BCUT2D eigenvalue weighted by atomic mass is 16.5. The minimum Gasteiger partial charge on any atom is -0.363 e. The number of hydrogen-bond donors (Lipinski definition) is 1. The number of aryl methyl sites for hydroxylation is 2. The molecule has 0 aromatic carbocycles. The van der Waals surface area contributed by atoms with E-state index in [9.17, 15) is 4.79 Å². The second-order valence-corrected chi connectivity index (χ2v) is 2.95. The van der Waals surface area contributed by atoms with Crippen molar-refractivity contribution in [3.05, 3.63) is 11.6 Å². The number of hydrogen-bond acceptors (Lipinski definition) is 4. The van der Waals surface area contributed by atoms with Crippen molar-refractivity contribution in [3.63, 3.8) is 0 Å². The molecule has 0 bridgehead atoms. The van der Waals surface area contributed by atoms with Crippen LogP contribution in [0.15, 0.2) is 4.52 Å². The van der Waals surface area contributed by atoms with Crippen LogP contribution in [-0.2, 0) is 6.54 Å². The molecule has 0 atom stereocenters. The van der Waals surface area contributed by atoms with Gasteiger partial charge in [-0.1, -0.05) is 5.16 Å². The molecule has 0 aliphatic heterocycles. The lowest BCUT2D eigenvalue weighted by Gasteiger charge is -1.99. The Hall–Kier alpha value is -1.85. The molecule has 1 amide bonds. The molecule has 6 nitrogen and oxygen atoms in total. The molecular formula is C8H10N4O2. The van der Waals surface area contributed by atoms with Crippen molar-refractivity contribution in [3.8, 4) is 0 Å². The van der Waals surface area contributed by atoms with Gasteiger partial charge in [0.2, 0.25) is 11.4 Å². The van der Waals surface area contributed by atoms with Crippen LogP contribution in [0.1, 0.15) is 23.3 Å². The Morgan fingerprint density at radius 3 is 2.93 bits per heavy atom. The maximum atomic E-state index is 11.0. The molecule has 0 unspecified atom stereocenters. The monoisotopic (exact) mass is 194 g/mol. The predicted molar refractivity (Wildman–Crippen MR) is 48.7 cm³/mol. The topological polar surface area (TPSA) is 86.9 Å². The third-order valence-electron chi connectivity index (χ3n) is 2.12. The lowest BCUT2D eigenvalue weighted by molar-refractivity contribution is 0.0966. The summed E-state index contributed by atoms with van der Waals surface area (Å²) in [6.45, 7) is 4.49. The fraction of sp³-hybridized carbons (Fsp3) is 0.375. The van der Waals surface area contributed by atoms with E-state index in [2.05, 4.69) is 10.1 Å². The van der Waals surface area contributed by atoms with Gasteiger partial charge in [0.25, 0.3) is 5.91 Å². The summed E-state index contributed by atoms with van der Waals surface area (Å²) in [5.74, 6) is 0.243. The van der Waals surface area contributed by atoms with Crippen LogP contribution in [0.2, 0.25) is 0 Å². The Kier molecular flexibility index (Phi) is 1.77. The minimum absolute atomic E-state index is 0.0717. The summed E-state index contributed by atoms with van der Waals surface area (Å²) in [5, 5.41) is 3.66. The SMILES string of the molecule is CCn1c(C)nc2noc(C(N)=O)c21. The number of rotatable bonds is 2. The first-order valence-electron chi connectivity index (χ1n) is 4.27. The third kappa shape index (κ3) is 1.00. The number of nitrogens with zero attached hydrogens (tertiary/aromatic N) is 3. The summed E-state index contributed by atoms with van der Waals surface area (Å²) < 4.78 is 6.65. The number of nitrogens with two attached hydrogens (primary N) is 1. The minimum atomic E-state index is -0.623. The van der Waals surface area contributed by atoms with Crippen molar-refractivity contribution in [1.29, 1.82) is 0 Å². The molecule has 2 N–H and O–H groups in total. The normalized spacial score (nSPS) is 11.0. The molecule has 2 rings (SSSR count). The zero-order valence-corrected chi connectivity index (χ0v) is 7.94. The zero-order valence-electron chi connectivity index (χ0n) is 7.94. The van der Waals surface area contributed by atoms with Gasteiger partial charge in [-0.15, -0.1) is 0 Å². The van der Waals surface area contributed by atoms with Crippen LogP contribution in [0.4, 0.5) is 0 Å². The van der Waals surface area contributed by atoms with Gasteiger partial charge in [-0.05, 0) is 13.8 Å². The van der Waals surface area contributed by atoms with E-state index in [0.717, 1.165) is 5.82 Å².